The van der Waals surface area contributed by atoms with Gasteiger partial charge in [-0.15, -0.1) is 0 Å². The van der Waals surface area contributed by atoms with Crippen molar-refractivity contribution >= 4 is 23.1 Å². The Morgan fingerprint density at radius 1 is 1.27 bits per heavy atom. The first-order valence-corrected chi connectivity index (χ1v) is 6.11. The maximum Gasteiger partial charge on any atom is 0.357 e. The van der Waals surface area contributed by atoms with Crippen molar-refractivity contribution < 1.29 is 23.5 Å². The number of anilines is 2. The molecular weight excluding hydrogens is 298 g/mol. The number of carbonyl (C=O) groups excluding carboxylic acids is 1. The van der Waals surface area contributed by atoms with Crippen molar-refractivity contribution in [2.45, 2.75) is 0 Å². The number of hydrogen-bond donors (Lipinski definition) is 2. The van der Waals surface area contributed by atoms with Crippen LogP contribution in [0.1, 0.15) is 0 Å². The topological polar surface area (TPSA) is 98.4 Å². The molecule has 2 aromatic rings. The molecule has 9 heteroatoms. The van der Waals surface area contributed by atoms with E-state index in [1.807, 2.05) is 0 Å². The van der Waals surface area contributed by atoms with Crippen molar-refractivity contribution in [2.24, 2.45) is 0 Å². The van der Waals surface area contributed by atoms with Crippen LogP contribution in [-0.4, -0.2) is 17.4 Å². The van der Waals surface area contributed by atoms with Gasteiger partial charge in [0.1, 0.15) is 0 Å². The van der Waals surface area contributed by atoms with Gasteiger partial charge in [-0.3, -0.25) is 20.2 Å². The van der Waals surface area contributed by atoms with Crippen molar-refractivity contribution in [3.63, 3.8) is 0 Å². The highest BCUT2D eigenvalue weighted by Gasteiger charge is 2.20. The molecule has 0 atom stereocenters. The number of halogens is 2. The van der Waals surface area contributed by atoms with Gasteiger partial charge in [0.15, 0.2) is 18.2 Å². The molecule has 0 aliphatic rings. The number of rotatable bonds is 5. The fourth-order valence-electron chi connectivity index (χ4n) is 1.67. The molecule has 0 spiro atoms. The number of nitro groups is 1. The molecule has 1 heterocycles. The molecule has 114 valence electrons. The summed E-state index contributed by atoms with van der Waals surface area (Å²) < 4.78 is 25.8. The summed E-state index contributed by atoms with van der Waals surface area (Å²) in [4.78, 5) is 24.5. The normalized spacial score (nSPS) is 10.1. The molecule has 1 amide bonds. The smallest absolute Gasteiger partial charge is 0.323 e. The first-order valence-electron chi connectivity index (χ1n) is 6.11. The molecule has 0 aliphatic carbocycles. The molecule has 3 N–H and O–H groups in total. The lowest BCUT2D eigenvalue weighted by atomic mass is 10.3. The number of benzene rings is 1. The fraction of sp³-hybridized carbons (Fsp3) is 0.0769. The Morgan fingerprint density at radius 2 is 2.05 bits per heavy atom. The van der Waals surface area contributed by atoms with E-state index in [0.717, 1.165) is 12.1 Å². The van der Waals surface area contributed by atoms with Gasteiger partial charge >= 0.3 is 11.5 Å². The molecule has 22 heavy (non-hydrogen) atoms. The zero-order chi connectivity index (χ0) is 16.1. The van der Waals surface area contributed by atoms with E-state index in [2.05, 4.69) is 15.6 Å². The van der Waals surface area contributed by atoms with Crippen molar-refractivity contribution in [3.8, 4) is 0 Å². The second-order valence-electron chi connectivity index (χ2n) is 4.22. The van der Waals surface area contributed by atoms with E-state index in [9.17, 15) is 23.7 Å². The number of aromatic amines is 1. The third-order valence-electron chi connectivity index (χ3n) is 2.66. The molecule has 1 aromatic heterocycles. The lowest BCUT2D eigenvalue weighted by Crippen LogP contribution is -2.25. The minimum Gasteiger partial charge on any atom is -0.323 e. The van der Waals surface area contributed by atoms with E-state index in [0.29, 0.717) is 0 Å². The average Bonchev–Trinajstić information content (AvgIpc) is 2.49. The SMILES string of the molecule is O=C(CNc1[nH+]cccc1[N+](=O)[O-])Nc1ccc(F)c(F)c1. The molecule has 0 aliphatic heterocycles. The van der Waals surface area contributed by atoms with Gasteiger partial charge in [-0.2, -0.15) is 0 Å². The fourth-order valence-corrected chi connectivity index (χ4v) is 1.67. The standard InChI is InChI=1S/C13H10F2N4O3/c14-9-4-3-8(6-10(9)15)18-12(20)7-17-13-11(19(21)22)2-1-5-16-13/h1-6H,7H2,(H,16,17)(H,18,20)/p+1. The van der Waals surface area contributed by atoms with Crippen LogP contribution in [0.4, 0.5) is 26.0 Å². The summed E-state index contributed by atoms with van der Waals surface area (Å²) in [5, 5.41) is 15.7. The number of carbonyl (C=O) groups is 1. The van der Waals surface area contributed by atoms with Crippen LogP contribution in [0.2, 0.25) is 0 Å². The number of nitrogens with zero attached hydrogens (tertiary/aromatic N) is 1. The zero-order valence-electron chi connectivity index (χ0n) is 11.1. The second-order valence-corrected chi connectivity index (χ2v) is 4.22. The van der Waals surface area contributed by atoms with Gasteiger partial charge in [0, 0.05) is 17.8 Å². The summed E-state index contributed by atoms with van der Waals surface area (Å²) in [7, 11) is 0. The molecule has 0 bridgehead atoms. The molecule has 1 aromatic carbocycles. The molecule has 0 saturated heterocycles. The van der Waals surface area contributed by atoms with Gasteiger partial charge in [0.2, 0.25) is 0 Å². The predicted octanol–water partition coefficient (Wildman–Crippen LogP) is 1.74. The van der Waals surface area contributed by atoms with E-state index < -0.39 is 22.5 Å². The molecule has 2 rings (SSSR count). The predicted molar refractivity (Wildman–Crippen MR) is 73.1 cm³/mol. The quantitative estimate of drug-likeness (QED) is 0.649. The molecule has 7 nitrogen and oxygen atoms in total. The lowest BCUT2D eigenvalue weighted by molar-refractivity contribution is -0.409. The minimum absolute atomic E-state index is 0.0629. The number of amides is 1. The van der Waals surface area contributed by atoms with Gasteiger partial charge in [-0.1, -0.05) is 0 Å². The summed E-state index contributed by atoms with van der Waals surface area (Å²) in [6.45, 7) is -0.291. The van der Waals surface area contributed by atoms with Gasteiger partial charge in [-0.25, -0.2) is 13.8 Å². The first kappa shape index (κ1) is 15.3. The summed E-state index contributed by atoms with van der Waals surface area (Å²) in [6, 6.07) is 5.64. The van der Waals surface area contributed by atoms with Crippen LogP contribution < -0.4 is 15.6 Å². The molecular formula is C13H11F2N4O3+. The van der Waals surface area contributed by atoms with Gasteiger partial charge < -0.3 is 5.32 Å². The molecule has 0 saturated carbocycles. The van der Waals surface area contributed by atoms with Crippen molar-refractivity contribution in [2.75, 3.05) is 17.2 Å². The van der Waals surface area contributed by atoms with Gasteiger partial charge in [0.05, 0.1) is 11.1 Å². The third kappa shape index (κ3) is 3.72. The second kappa shape index (κ2) is 6.57. The van der Waals surface area contributed by atoms with Crippen LogP contribution in [0.25, 0.3) is 0 Å². The summed E-state index contributed by atoms with van der Waals surface area (Å²) in [5.41, 5.74) is -0.139. The van der Waals surface area contributed by atoms with Crippen molar-refractivity contribution in [1.29, 1.82) is 0 Å². The number of pyridine rings is 1. The summed E-state index contributed by atoms with van der Waals surface area (Å²) in [6.07, 6.45) is 1.46. The van der Waals surface area contributed by atoms with Crippen LogP contribution >= 0.6 is 0 Å². The number of nitrogens with one attached hydrogen (secondary N) is 3. The maximum atomic E-state index is 13.0. The Bertz CT molecular complexity index is 724. The first-order chi connectivity index (χ1) is 10.5. The largest absolute Gasteiger partial charge is 0.357 e. The van der Waals surface area contributed by atoms with Gasteiger partial charge in [-0.05, 0) is 18.2 Å². The van der Waals surface area contributed by atoms with Crippen LogP contribution in [0.15, 0.2) is 36.5 Å². The monoisotopic (exact) mass is 309 g/mol. The van der Waals surface area contributed by atoms with Gasteiger partial charge in [0.25, 0.3) is 5.91 Å². The van der Waals surface area contributed by atoms with Crippen molar-refractivity contribution in [1.82, 2.24) is 0 Å². The van der Waals surface area contributed by atoms with Crippen LogP contribution in [0.5, 0.6) is 0 Å². The van der Waals surface area contributed by atoms with E-state index in [-0.39, 0.29) is 23.7 Å². The van der Waals surface area contributed by atoms with E-state index in [1.54, 1.807) is 0 Å². The van der Waals surface area contributed by atoms with Crippen LogP contribution in [0.3, 0.4) is 0 Å². The minimum atomic E-state index is -1.09. The Balaban J connectivity index is 1.98. The highest BCUT2D eigenvalue weighted by Crippen LogP contribution is 2.17. The average molecular weight is 309 g/mol. The number of hydrogen-bond acceptors (Lipinski definition) is 4. The van der Waals surface area contributed by atoms with Crippen LogP contribution in [0, 0.1) is 21.7 Å². The lowest BCUT2D eigenvalue weighted by Gasteiger charge is -2.04. The van der Waals surface area contributed by atoms with Crippen LogP contribution in [-0.2, 0) is 4.79 Å². The Morgan fingerprint density at radius 3 is 2.73 bits per heavy atom. The number of H-pyrrole nitrogens is 1. The molecule has 0 fully saturated rings. The zero-order valence-corrected chi connectivity index (χ0v) is 11.1. The summed E-state index contributed by atoms with van der Waals surface area (Å²) >= 11 is 0. The Labute approximate surface area is 123 Å². The highest BCUT2D eigenvalue weighted by atomic mass is 19.2. The molecule has 0 unspecified atom stereocenters. The Hall–Kier alpha value is -3.10. The van der Waals surface area contributed by atoms with Crippen molar-refractivity contribution in [3.05, 3.63) is 58.3 Å². The van der Waals surface area contributed by atoms with E-state index in [4.69, 9.17) is 0 Å². The number of aromatic nitrogens is 1. The highest BCUT2D eigenvalue weighted by molar-refractivity contribution is 5.93. The molecule has 0 radical (unpaired) electrons. The van der Waals surface area contributed by atoms with E-state index in [1.165, 1.54) is 24.4 Å². The Kier molecular flexibility index (Phi) is 4.57. The third-order valence-corrected chi connectivity index (χ3v) is 2.66. The summed E-state index contributed by atoms with van der Waals surface area (Å²) in [5.74, 6) is -2.62. The maximum absolute atomic E-state index is 13.0. The van der Waals surface area contributed by atoms with E-state index >= 15 is 0 Å².